The summed E-state index contributed by atoms with van der Waals surface area (Å²) in [5.74, 6) is 1.37. The number of aliphatic imine (C=N–C) groups is 1. The number of carbonyl (C=O) groups excluding carboxylic acids is 1. The maximum Gasteiger partial charge on any atom is 0.251 e. The Labute approximate surface area is 198 Å². The minimum absolute atomic E-state index is 0. The second-order valence-corrected chi connectivity index (χ2v) is 7.41. The average Bonchev–Trinajstić information content (AvgIpc) is 2.75. The number of carbonyl (C=O) groups is 1. The van der Waals surface area contributed by atoms with Crippen molar-refractivity contribution in [1.82, 2.24) is 20.9 Å². The van der Waals surface area contributed by atoms with E-state index in [4.69, 9.17) is 4.74 Å². The van der Waals surface area contributed by atoms with Gasteiger partial charge in [-0.2, -0.15) is 0 Å². The maximum absolute atomic E-state index is 12.2. The van der Waals surface area contributed by atoms with Crippen LogP contribution in [0.1, 0.15) is 49.9 Å². The number of piperidine rings is 1. The first-order chi connectivity index (χ1) is 14.1. The number of guanidine groups is 1. The van der Waals surface area contributed by atoms with Crippen LogP contribution in [-0.2, 0) is 0 Å². The molecule has 1 saturated heterocycles. The van der Waals surface area contributed by atoms with E-state index >= 15 is 0 Å². The van der Waals surface area contributed by atoms with Gasteiger partial charge < -0.3 is 25.6 Å². The van der Waals surface area contributed by atoms with Gasteiger partial charge in [0, 0.05) is 44.3 Å². The summed E-state index contributed by atoms with van der Waals surface area (Å²) in [6.45, 7) is 9.46. The van der Waals surface area contributed by atoms with Gasteiger partial charge in [-0.3, -0.25) is 9.79 Å². The van der Waals surface area contributed by atoms with Gasteiger partial charge in [-0.15, -0.1) is 24.0 Å². The van der Waals surface area contributed by atoms with Crippen molar-refractivity contribution in [2.24, 2.45) is 4.99 Å². The average molecular weight is 531 g/mol. The van der Waals surface area contributed by atoms with Crippen molar-refractivity contribution in [1.29, 1.82) is 0 Å². The molecule has 1 fully saturated rings. The number of hydrogen-bond donors (Lipinski definition) is 3. The summed E-state index contributed by atoms with van der Waals surface area (Å²) in [6, 6.07) is 7.85. The maximum atomic E-state index is 12.2. The Bertz CT molecular complexity index is 656. The summed E-state index contributed by atoms with van der Waals surface area (Å²) in [7, 11) is 1.59. The number of hydrogen-bond acceptors (Lipinski definition) is 4. The van der Waals surface area contributed by atoms with Crippen molar-refractivity contribution in [3.8, 4) is 5.75 Å². The summed E-state index contributed by atoms with van der Waals surface area (Å²) in [4.78, 5) is 19.5. The number of halogens is 1. The van der Waals surface area contributed by atoms with Crippen LogP contribution in [0.4, 0.5) is 0 Å². The number of rotatable bonds is 10. The largest absolute Gasteiger partial charge is 0.497 e. The lowest BCUT2D eigenvalue weighted by molar-refractivity contribution is 0.0954. The molecule has 0 aliphatic carbocycles. The second kappa shape index (κ2) is 15.3. The minimum atomic E-state index is -0.108. The first-order valence-electron chi connectivity index (χ1n) is 10.8. The number of methoxy groups -OCH3 is 1. The Morgan fingerprint density at radius 1 is 1.23 bits per heavy atom. The van der Waals surface area contributed by atoms with Gasteiger partial charge in [-0.25, -0.2) is 0 Å². The molecule has 7 nitrogen and oxygen atoms in total. The van der Waals surface area contributed by atoms with E-state index in [1.807, 2.05) is 12.1 Å². The Kier molecular flexibility index (Phi) is 13.5. The Morgan fingerprint density at radius 2 is 2.03 bits per heavy atom. The van der Waals surface area contributed by atoms with Crippen LogP contribution in [0.15, 0.2) is 29.3 Å². The fourth-order valence-corrected chi connectivity index (χ4v) is 3.52. The first-order valence-corrected chi connectivity index (χ1v) is 10.8. The van der Waals surface area contributed by atoms with Gasteiger partial charge in [0.25, 0.3) is 5.91 Å². The molecule has 0 saturated carbocycles. The predicted molar refractivity (Wildman–Crippen MR) is 134 cm³/mol. The summed E-state index contributed by atoms with van der Waals surface area (Å²) >= 11 is 0. The summed E-state index contributed by atoms with van der Waals surface area (Å²) < 4.78 is 5.16. The quantitative estimate of drug-likeness (QED) is 0.187. The van der Waals surface area contributed by atoms with Crippen molar-refractivity contribution in [2.75, 3.05) is 46.4 Å². The number of nitrogens with one attached hydrogen (secondary N) is 3. The SMILES string of the molecule is CCNC(=NCCCN1CCCCC1C)NCCNC(=O)c1cccc(OC)c1.I. The highest BCUT2D eigenvalue weighted by atomic mass is 127. The smallest absolute Gasteiger partial charge is 0.251 e. The monoisotopic (exact) mass is 531 g/mol. The molecule has 170 valence electrons. The zero-order valence-corrected chi connectivity index (χ0v) is 20.9. The van der Waals surface area contributed by atoms with Gasteiger partial charge in [-0.05, 0) is 57.9 Å². The molecule has 1 unspecified atom stereocenters. The Balaban J connectivity index is 0.00000450. The van der Waals surface area contributed by atoms with E-state index in [1.54, 1.807) is 19.2 Å². The Hall–Kier alpha value is -1.55. The van der Waals surface area contributed by atoms with E-state index in [1.165, 1.54) is 25.8 Å². The van der Waals surface area contributed by atoms with E-state index in [2.05, 4.69) is 39.7 Å². The fourth-order valence-electron chi connectivity index (χ4n) is 3.52. The van der Waals surface area contributed by atoms with Crippen LogP contribution in [0, 0.1) is 0 Å². The lowest BCUT2D eigenvalue weighted by Crippen LogP contribution is -2.42. The molecule has 1 heterocycles. The third-order valence-corrected chi connectivity index (χ3v) is 5.19. The molecule has 0 aromatic heterocycles. The van der Waals surface area contributed by atoms with Gasteiger partial charge in [0.15, 0.2) is 5.96 Å². The molecular weight excluding hydrogens is 493 g/mol. The van der Waals surface area contributed by atoms with Gasteiger partial charge >= 0.3 is 0 Å². The zero-order valence-electron chi connectivity index (χ0n) is 18.6. The third kappa shape index (κ3) is 9.51. The topological polar surface area (TPSA) is 78.0 Å². The van der Waals surface area contributed by atoms with Gasteiger partial charge in [0.05, 0.1) is 7.11 Å². The van der Waals surface area contributed by atoms with Gasteiger partial charge in [0.2, 0.25) is 0 Å². The second-order valence-electron chi connectivity index (χ2n) is 7.41. The molecule has 0 spiro atoms. The minimum Gasteiger partial charge on any atom is -0.497 e. The highest BCUT2D eigenvalue weighted by Gasteiger charge is 2.17. The number of ether oxygens (including phenoxy) is 1. The molecule has 1 atom stereocenters. The summed E-state index contributed by atoms with van der Waals surface area (Å²) in [5, 5.41) is 9.46. The normalized spacial score (nSPS) is 17.0. The lowest BCUT2D eigenvalue weighted by Gasteiger charge is -2.33. The van der Waals surface area contributed by atoms with Crippen LogP contribution < -0.4 is 20.7 Å². The molecule has 0 radical (unpaired) electrons. The van der Waals surface area contributed by atoms with E-state index < -0.39 is 0 Å². The van der Waals surface area contributed by atoms with E-state index in [9.17, 15) is 4.79 Å². The molecule has 1 aromatic rings. The van der Waals surface area contributed by atoms with Crippen molar-refractivity contribution >= 4 is 35.8 Å². The van der Waals surface area contributed by atoms with E-state index in [0.717, 1.165) is 32.0 Å². The highest BCUT2D eigenvalue weighted by molar-refractivity contribution is 14.0. The van der Waals surface area contributed by atoms with Gasteiger partial charge in [0.1, 0.15) is 5.75 Å². The molecule has 1 aromatic carbocycles. The molecule has 2 rings (SSSR count). The van der Waals surface area contributed by atoms with E-state index in [0.29, 0.717) is 30.4 Å². The van der Waals surface area contributed by atoms with Crippen LogP contribution in [0.5, 0.6) is 5.75 Å². The van der Waals surface area contributed by atoms with Crippen molar-refractivity contribution in [2.45, 2.75) is 45.6 Å². The Morgan fingerprint density at radius 3 is 2.77 bits per heavy atom. The van der Waals surface area contributed by atoms with Crippen LogP contribution in [-0.4, -0.2) is 69.2 Å². The fraction of sp³-hybridized carbons (Fsp3) is 0.636. The van der Waals surface area contributed by atoms with Crippen molar-refractivity contribution in [3.05, 3.63) is 29.8 Å². The van der Waals surface area contributed by atoms with Crippen LogP contribution in [0.2, 0.25) is 0 Å². The molecule has 3 N–H and O–H groups in total. The van der Waals surface area contributed by atoms with Gasteiger partial charge in [-0.1, -0.05) is 12.5 Å². The molecule has 8 heteroatoms. The number of amides is 1. The molecule has 1 aliphatic heterocycles. The number of likely N-dealkylation sites (tertiary alicyclic amines) is 1. The zero-order chi connectivity index (χ0) is 20.9. The van der Waals surface area contributed by atoms with Crippen LogP contribution in [0.3, 0.4) is 0 Å². The molecule has 0 bridgehead atoms. The highest BCUT2D eigenvalue weighted by Crippen LogP contribution is 2.16. The first kappa shape index (κ1) is 26.5. The molecule has 1 amide bonds. The molecular formula is C22H38IN5O2. The lowest BCUT2D eigenvalue weighted by atomic mass is 10.0. The van der Waals surface area contributed by atoms with Crippen molar-refractivity contribution in [3.63, 3.8) is 0 Å². The predicted octanol–water partition coefficient (Wildman–Crippen LogP) is 2.86. The van der Waals surface area contributed by atoms with Crippen LogP contribution in [0.25, 0.3) is 0 Å². The summed E-state index contributed by atoms with van der Waals surface area (Å²) in [5.41, 5.74) is 0.594. The number of benzene rings is 1. The molecule has 30 heavy (non-hydrogen) atoms. The van der Waals surface area contributed by atoms with Crippen LogP contribution >= 0.6 is 24.0 Å². The van der Waals surface area contributed by atoms with E-state index in [-0.39, 0.29) is 29.9 Å². The standard InChI is InChI=1S/C22H37N5O2.HI/c1-4-23-22(25-12-8-16-27-15-6-5-9-18(27)2)26-14-13-24-21(28)19-10-7-11-20(17-19)29-3;/h7,10-11,17-18H,4-6,8-9,12-16H2,1-3H3,(H,24,28)(H2,23,25,26);1H. The summed E-state index contributed by atoms with van der Waals surface area (Å²) in [6.07, 6.45) is 5.06. The van der Waals surface area contributed by atoms with Crippen molar-refractivity contribution < 1.29 is 9.53 Å². The number of nitrogens with zero attached hydrogens (tertiary/aromatic N) is 2. The third-order valence-electron chi connectivity index (χ3n) is 5.19. The molecule has 1 aliphatic rings.